The molecule has 4 aromatic rings. The number of pyridine rings is 1. The minimum Gasteiger partial charge on any atom is -0.464 e. The van der Waals surface area contributed by atoms with Crippen LogP contribution in [0.5, 0.6) is 0 Å². The van der Waals surface area contributed by atoms with Gasteiger partial charge < -0.3 is 29.2 Å². The van der Waals surface area contributed by atoms with Gasteiger partial charge in [0, 0.05) is 79.2 Å². The van der Waals surface area contributed by atoms with Gasteiger partial charge in [0.25, 0.3) is 5.91 Å². The monoisotopic (exact) mass is 854 g/mol. The molecule has 15 heteroatoms. The minimum atomic E-state index is -1.02. The fraction of sp³-hybridized carbons (Fsp3) is 0.565. The zero-order chi connectivity index (χ0) is 43.7. The maximum atomic E-state index is 14.5. The molecule has 4 unspecified atom stereocenters. The van der Waals surface area contributed by atoms with E-state index in [1.54, 1.807) is 25.3 Å². The van der Waals surface area contributed by atoms with Gasteiger partial charge in [-0.25, -0.2) is 10.4 Å². The number of thiazole rings is 1. The quantitative estimate of drug-likeness (QED) is 0.203. The molecule has 3 aliphatic heterocycles. The van der Waals surface area contributed by atoms with Gasteiger partial charge in [0.15, 0.2) is 0 Å². The number of nitrogens with one attached hydrogen (secondary N) is 2. The smallest absolute Gasteiger partial charge is 0.324 e. The number of fused-ring (bicyclic) bond motifs is 6. The molecule has 0 radical (unpaired) electrons. The largest absolute Gasteiger partial charge is 0.464 e. The first-order valence-electron chi connectivity index (χ1n) is 21.7. The number of aryl methyl sites for hydroxylation is 1. The summed E-state index contributed by atoms with van der Waals surface area (Å²) in [4.78, 5) is 69.9. The molecule has 2 N–H and O–H groups in total. The molecule has 14 nitrogen and oxygen atoms in total. The predicted molar refractivity (Wildman–Crippen MR) is 236 cm³/mol. The van der Waals surface area contributed by atoms with Crippen LogP contribution in [-0.4, -0.2) is 119 Å². The number of carbonyl (C=O) groups excluding carboxylic acids is 4. The van der Waals surface area contributed by atoms with Crippen molar-refractivity contribution >= 4 is 45.9 Å². The molecule has 0 spiro atoms. The summed E-state index contributed by atoms with van der Waals surface area (Å²) >= 11 is 1.43. The first kappa shape index (κ1) is 44.4. The molecule has 7 rings (SSSR count). The van der Waals surface area contributed by atoms with Crippen LogP contribution in [0.25, 0.3) is 33.4 Å². The maximum Gasteiger partial charge on any atom is 0.324 e. The van der Waals surface area contributed by atoms with E-state index in [1.807, 2.05) is 39.3 Å². The molecular formula is C46H62N8O6S. The molecule has 61 heavy (non-hydrogen) atoms. The first-order valence-corrected chi connectivity index (χ1v) is 22.6. The van der Waals surface area contributed by atoms with E-state index < -0.39 is 35.4 Å². The summed E-state index contributed by atoms with van der Waals surface area (Å²) in [6.07, 6.45) is 4.07. The number of ether oxygens (including phenoxy) is 2. The molecular weight excluding hydrogens is 793 g/mol. The van der Waals surface area contributed by atoms with Crippen LogP contribution in [0.1, 0.15) is 83.2 Å². The third kappa shape index (κ3) is 9.25. The van der Waals surface area contributed by atoms with Crippen molar-refractivity contribution in [1.29, 1.82) is 0 Å². The van der Waals surface area contributed by atoms with Gasteiger partial charge in [-0.05, 0) is 88.9 Å². The van der Waals surface area contributed by atoms with Crippen LogP contribution in [-0.2, 0) is 48.0 Å². The van der Waals surface area contributed by atoms with Crippen LogP contribution in [0, 0.1) is 17.3 Å². The Morgan fingerprint density at radius 3 is 2.64 bits per heavy atom. The Bertz CT molecular complexity index is 2270. The van der Waals surface area contributed by atoms with Crippen molar-refractivity contribution < 1.29 is 28.7 Å². The molecule has 328 valence electrons. The topological polar surface area (TPSA) is 151 Å². The predicted octanol–water partition coefficient (Wildman–Crippen LogP) is 5.64. The average Bonchev–Trinajstić information content (AvgIpc) is 3.98. The Morgan fingerprint density at radius 2 is 1.93 bits per heavy atom. The summed E-state index contributed by atoms with van der Waals surface area (Å²) in [7, 11) is 5.37. The molecule has 2 saturated heterocycles. The van der Waals surface area contributed by atoms with Gasteiger partial charge in [0.2, 0.25) is 11.8 Å². The number of hydrazine groups is 1. The summed E-state index contributed by atoms with van der Waals surface area (Å²) in [5.74, 6) is -1.71. The fourth-order valence-corrected chi connectivity index (χ4v) is 10.2. The number of amides is 3. The molecule has 5 atom stereocenters. The lowest BCUT2D eigenvalue weighted by Crippen LogP contribution is -2.62. The van der Waals surface area contributed by atoms with Crippen molar-refractivity contribution in [1.82, 2.24) is 40.1 Å². The van der Waals surface area contributed by atoms with E-state index >= 15 is 0 Å². The zero-order valence-electron chi connectivity index (χ0n) is 37.1. The number of cyclic esters (lactones) is 1. The number of likely N-dealkylation sites (N-methyl/N-ethyl adjacent to an activating group) is 1. The van der Waals surface area contributed by atoms with Crippen molar-refractivity contribution in [2.24, 2.45) is 17.3 Å². The highest BCUT2D eigenvalue weighted by Gasteiger charge is 2.40. The van der Waals surface area contributed by atoms with Crippen molar-refractivity contribution in [2.45, 2.75) is 104 Å². The van der Waals surface area contributed by atoms with Crippen molar-refractivity contribution in [3.63, 3.8) is 0 Å². The average molecular weight is 855 g/mol. The number of carbonyl (C=O) groups is 4. The van der Waals surface area contributed by atoms with Gasteiger partial charge in [-0.15, -0.1) is 11.3 Å². The van der Waals surface area contributed by atoms with Crippen LogP contribution >= 0.6 is 11.3 Å². The Labute approximate surface area is 363 Å². The van der Waals surface area contributed by atoms with Crippen LogP contribution in [0.15, 0.2) is 41.9 Å². The fourth-order valence-electron chi connectivity index (χ4n) is 9.31. The summed E-state index contributed by atoms with van der Waals surface area (Å²) in [6, 6.07) is 7.90. The SMILES string of the molecule is CCn1c(-c2cccnc2C(C)OC)c2c3cc(ccc31)-c1csc(n1)CC(NC(=O)C(C(C)C)N(C)C(=O)C1CCN(C)C1)C(=O)N1CCC[C@H](N1)C(=O)OCC(C)(C)C2. The second-order valence-electron chi connectivity index (χ2n) is 18.2. The number of methoxy groups -OCH3 is 1. The van der Waals surface area contributed by atoms with Gasteiger partial charge in [-0.1, -0.05) is 33.8 Å². The van der Waals surface area contributed by atoms with Crippen molar-refractivity contribution in [3.05, 3.63) is 58.2 Å². The molecule has 3 amide bonds. The number of aromatic nitrogens is 3. The molecule has 6 heterocycles. The first-order chi connectivity index (χ1) is 29.1. The molecule has 0 aliphatic carbocycles. The summed E-state index contributed by atoms with van der Waals surface area (Å²) < 4.78 is 14.2. The number of rotatable bonds is 9. The number of hydrogen-bond donors (Lipinski definition) is 2. The van der Waals surface area contributed by atoms with E-state index in [9.17, 15) is 19.2 Å². The molecule has 0 saturated carbocycles. The van der Waals surface area contributed by atoms with Gasteiger partial charge in [0.1, 0.15) is 18.1 Å². The van der Waals surface area contributed by atoms with Crippen LogP contribution < -0.4 is 10.7 Å². The highest BCUT2D eigenvalue weighted by molar-refractivity contribution is 7.10. The number of nitrogens with zero attached hydrogens (tertiary/aromatic N) is 6. The Morgan fingerprint density at radius 1 is 1.15 bits per heavy atom. The highest BCUT2D eigenvalue weighted by atomic mass is 32.1. The number of likely N-dealkylation sites (tertiary alicyclic amines) is 1. The lowest BCUT2D eigenvalue weighted by molar-refractivity contribution is -0.155. The van der Waals surface area contributed by atoms with Gasteiger partial charge in [-0.2, -0.15) is 0 Å². The number of esters is 1. The van der Waals surface area contributed by atoms with E-state index in [1.165, 1.54) is 16.3 Å². The van der Waals surface area contributed by atoms with E-state index in [0.29, 0.717) is 43.9 Å². The molecule has 2 fully saturated rings. The minimum absolute atomic E-state index is 0.0760. The maximum absolute atomic E-state index is 14.5. The van der Waals surface area contributed by atoms with E-state index in [-0.39, 0.29) is 42.8 Å². The van der Waals surface area contributed by atoms with Crippen LogP contribution in [0.4, 0.5) is 0 Å². The third-order valence-electron chi connectivity index (χ3n) is 12.6. The second-order valence-corrected chi connectivity index (χ2v) is 19.1. The van der Waals surface area contributed by atoms with E-state index in [2.05, 4.69) is 65.2 Å². The van der Waals surface area contributed by atoms with E-state index in [4.69, 9.17) is 19.4 Å². The highest BCUT2D eigenvalue weighted by Crippen LogP contribution is 2.42. The van der Waals surface area contributed by atoms with Gasteiger partial charge in [0.05, 0.1) is 40.7 Å². The molecule has 3 aromatic heterocycles. The van der Waals surface area contributed by atoms with E-state index in [0.717, 1.165) is 57.6 Å². The summed E-state index contributed by atoms with van der Waals surface area (Å²) in [6.45, 7) is 14.9. The molecule has 1 aromatic carbocycles. The van der Waals surface area contributed by atoms with Crippen molar-refractivity contribution in [3.8, 4) is 22.5 Å². The lowest BCUT2D eigenvalue weighted by Gasteiger charge is -2.36. The van der Waals surface area contributed by atoms with Gasteiger partial charge >= 0.3 is 5.97 Å². The molecule has 6 bridgehead atoms. The number of hydrogen-bond acceptors (Lipinski definition) is 11. The summed E-state index contributed by atoms with van der Waals surface area (Å²) in [5.41, 5.74) is 9.42. The Balaban J connectivity index is 1.30. The third-order valence-corrected chi connectivity index (χ3v) is 13.4. The van der Waals surface area contributed by atoms with Crippen LogP contribution in [0.3, 0.4) is 0 Å². The number of benzene rings is 1. The zero-order valence-corrected chi connectivity index (χ0v) is 37.9. The Kier molecular flexibility index (Phi) is 13.3. The normalized spacial score (nSPS) is 22.2. The summed E-state index contributed by atoms with van der Waals surface area (Å²) in [5, 5.41) is 8.24. The van der Waals surface area contributed by atoms with Crippen molar-refractivity contribution in [2.75, 3.05) is 47.4 Å². The van der Waals surface area contributed by atoms with Crippen LogP contribution in [0.2, 0.25) is 0 Å². The Hall–Kier alpha value is -4.70. The lowest BCUT2D eigenvalue weighted by atomic mass is 9.84. The van der Waals surface area contributed by atoms with Gasteiger partial charge in [-0.3, -0.25) is 29.2 Å². The second kappa shape index (κ2) is 18.3. The standard InChI is InChI=1S/C46H62N8O6S/c1-10-53-37-16-15-29-21-32(37)33(41(53)31-13-11-18-47-39(31)28(4)59-9)23-46(5,6)26-60-45(58)34-14-12-19-54(50-34)44(57)35(22-38-48-36(29)25-61-38)49-42(55)40(27(2)3)52(8)43(56)30-17-20-51(7)24-30/h11,13,15-16,18,21,25,27-28,30,34-35,40,50H,10,12,14,17,19-20,22-24,26H2,1-9H3,(H,49,55)/t28?,30?,34-,35?,40?/m0/s1. The molecule has 3 aliphatic rings.